The van der Waals surface area contributed by atoms with Crippen LogP contribution in [0.2, 0.25) is 0 Å². The smallest absolute Gasteiger partial charge is 0.288 e. The van der Waals surface area contributed by atoms with E-state index >= 15 is 0 Å². The number of nitrogens with zero attached hydrogens (tertiary/aromatic N) is 2. The van der Waals surface area contributed by atoms with Crippen LogP contribution in [0.3, 0.4) is 0 Å². The van der Waals surface area contributed by atoms with Gasteiger partial charge in [0.2, 0.25) is 0 Å². The molecule has 2 aliphatic rings. The van der Waals surface area contributed by atoms with Gasteiger partial charge in [0.1, 0.15) is 0 Å². The molecule has 2 aliphatic heterocycles. The summed E-state index contributed by atoms with van der Waals surface area (Å²) in [4.78, 5) is 15.9. The highest BCUT2D eigenvalue weighted by Gasteiger charge is 2.54. The maximum atomic E-state index is 13.3. The Morgan fingerprint density at radius 3 is 2.00 bits per heavy atom. The molecule has 5 nitrogen and oxygen atoms in total. The molecule has 154 valence electrons. The number of hydrogen-bond acceptors (Lipinski definition) is 3. The molecule has 0 N–H and O–H groups in total. The summed E-state index contributed by atoms with van der Waals surface area (Å²) < 4.78 is 64.1. The molecule has 29 heavy (non-hydrogen) atoms. The zero-order chi connectivity index (χ0) is 21.1. The summed E-state index contributed by atoms with van der Waals surface area (Å²) in [7, 11) is -3.43. The lowest BCUT2D eigenvalue weighted by atomic mass is 10.1. The lowest BCUT2D eigenvalue weighted by molar-refractivity contribution is -0.137. The molecule has 0 spiro atoms. The zero-order valence-electron chi connectivity index (χ0n) is 15.8. The van der Waals surface area contributed by atoms with Crippen molar-refractivity contribution in [2.24, 2.45) is 0 Å². The Bertz CT molecular complexity index is 1080. The second-order valence-corrected chi connectivity index (χ2v) is 9.78. The molecule has 2 aromatic rings. The van der Waals surface area contributed by atoms with Crippen molar-refractivity contribution in [2.75, 3.05) is 21.3 Å². The van der Waals surface area contributed by atoms with E-state index in [-0.39, 0.29) is 17.2 Å². The van der Waals surface area contributed by atoms with E-state index in [0.29, 0.717) is 5.69 Å². The van der Waals surface area contributed by atoms with Crippen molar-refractivity contribution in [1.82, 2.24) is 0 Å². The minimum Gasteiger partial charge on any atom is -0.288 e. The van der Waals surface area contributed by atoms with E-state index in [1.165, 1.54) is 21.9 Å². The lowest BCUT2D eigenvalue weighted by Crippen LogP contribution is -2.38. The van der Waals surface area contributed by atoms with Crippen LogP contribution in [-0.2, 0) is 16.0 Å². The molecule has 0 aromatic heterocycles. The maximum absolute atomic E-state index is 13.3. The van der Waals surface area contributed by atoms with Crippen LogP contribution in [0, 0.1) is 13.8 Å². The molecule has 2 amide bonds. The van der Waals surface area contributed by atoms with Crippen LogP contribution in [0.1, 0.15) is 16.7 Å². The highest BCUT2D eigenvalue weighted by molar-refractivity contribution is 7.91. The van der Waals surface area contributed by atoms with Gasteiger partial charge in [0.05, 0.1) is 29.2 Å². The number of amides is 2. The van der Waals surface area contributed by atoms with Gasteiger partial charge in [-0.3, -0.25) is 9.80 Å². The molecule has 4 rings (SSSR count). The normalized spacial score (nSPS) is 23.6. The van der Waals surface area contributed by atoms with E-state index in [2.05, 4.69) is 0 Å². The number of alkyl halides is 3. The van der Waals surface area contributed by atoms with Crippen molar-refractivity contribution in [2.45, 2.75) is 32.1 Å². The Hall–Kier alpha value is -2.55. The summed E-state index contributed by atoms with van der Waals surface area (Å²) in [6.07, 6.45) is -4.56. The van der Waals surface area contributed by atoms with Gasteiger partial charge in [0.25, 0.3) is 0 Å². The Morgan fingerprint density at radius 2 is 1.45 bits per heavy atom. The zero-order valence-corrected chi connectivity index (χ0v) is 16.6. The molecule has 2 aromatic carbocycles. The van der Waals surface area contributed by atoms with Crippen LogP contribution < -0.4 is 9.80 Å². The number of benzene rings is 2. The first-order valence-corrected chi connectivity index (χ1v) is 10.9. The SMILES string of the molecule is Cc1cc(C)cc(N2C(=O)N(c3cccc(C(F)(F)F)c3)[C@@H]3CS(=O)(=O)C[C@@H]32)c1. The fourth-order valence-corrected chi connectivity index (χ4v) is 6.15. The topological polar surface area (TPSA) is 57.7 Å². The number of sulfone groups is 1. The number of carbonyl (C=O) groups is 1. The minimum atomic E-state index is -4.56. The predicted octanol–water partition coefficient (Wildman–Crippen LogP) is 3.93. The van der Waals surface area contributed by atoms with E-state index in [9.17, 15) is 26.4 Å². The first-order valence-electron chi connectivity index (χ1n) is 9.05. The van der Waals surface area contributed by atoms with Gasteiger partial charge in [0, 0.05) is 11.4 Å². The molecule has 0 unspecified atom stereocenters. The maximum Gasteiger partial charge on any atom is 0.416 e. The molecule has 0 aliphatic carbocycles. The largest absolute Gasteiger partial charge is 0.416 e. The highest BCUT2D eigenvalue weighted by atomic mass is 32.2. The number of aryl methyl sites for hydroxylation is 2. The van der Waals surface area contributed by atoms with Gasteiger partial charge in [0.15, 0.2) is 9.84 Å². The third-order valence-electron chi connectivity index (χ3n) is 5.31. The van der Waals surface area contributed by atoms with Crippen LogP contribution in [0.25, 0.3) is 0 Å². The number of carbonyl (C=O) groups excluding carboxylic acids is 1. The van der Waals surface area contributed by atoms with Gasteiger partial charge in [-0.05, 0) is 55.3 Å². The van der Waals surface area contributed by atoms with Gasteiger partial charge in [-0.2, -0.15) is 13.2 Å². The molecule has 0 bridgehead atoms. The first-order chi connectivity index (χ1) is 13.5. The van der Waals surface area contributed by atoms with Crippen molar-refractivity contribution >= 4 is 27.2 Å². The third kappa shape index (κ3) is 3.48. The molecular weight excluding hydrogens is 405 g/mol. The van der Waals surface area contributed by atoms with Gasteiger partial charge >= 0.3 is 12.2 Å². The number of urea groups is 1. The quantitative estimate of drug-likeness (QED) is 0.687. The van der Waals surface area contributed by atoms with Gasteiger partial charge in [-0.1, -0.05) is 12.1 Å². The Kier molecular flexibility index (Phi) is 4.41. The highest BCUT2D eigenvalue weighted by Crippen LogP contribution is 2.40. The number of halogens is 3. The average molecular weight is 424 g/mol. The first kappa shape index (κ1) is 19.8. The van der Waals surface area contributed by atoms with Crippen molar-refractivity contribution in [3.63, 3.8) is 0 Å². The summed E-state index contributed by atoms with van der Waals surface area (Å²) in [5.74, 6) is -0.493. The van der Waals surface area contributed by atoms with Crippen LogP contribution in [0.15, 0.2) is 42.5 Å². The van der Waals surface area contributed by atoms with Crippen LogP contribution in [0.5, 0.6) is 0 Å². The summed E-state index contributed by atoms with van der Waals surface area (Å²) in [6.45, 7) is 3.73. The molecule has 2 saturated heterocycles. The average Bonchev–Trinajstić information content (AvgIpc) is 3.01. The van der Waals surface area contributed by atoms with E-state index in [1.54, 1.807) is 12.1 Å². The van der Waals surface area contributed by atoms with Gasteiger partial charge in [-0.25, -0.2) is 13.2 Å². The monoisotopic (exact) mass is 424 g/mol. The van der Waals surface area contributed by atoms with E-state index in [0.717, 1.165) is 23.3 Å². The molecular formula is C20H19F3N2O3S. The summed E-state index contributed by atoms with van der Waals surface area (Å²) >= 11 is 0. The predicted molar refractivity (Wildman–Crippen MR) is 104 cm³/mol. The van der Waals surface area contributed by atoms with Crippen molar-refractivity contribution in [1.29, 1.82) is 0 Å². The lowest BCUT2D eigenvalue weighted by Gasteiger charge is -2.24. The van der Waals surface area contributed by atoms with Gasteiger partial charge in [-0.15, -0.1) is 0 Å². The number of rotatable bonds is 2. The fourth-order valence-electron chi connectivity index (χ4n) is 4.23. The van der Waals surface area contributed by atoms with Crippen LogP contribution in [0.4, 0.5) is 29.3 Å². The molecule has 0 saturated carbocycles. The molecule has 2 fully saturated rings. The van der Waals surface area contributed by atoms with Crippen LogP contribution in [-0.4, -0.2) is 38.0 Å². The molecule has 2 heterocycles. The van der Waals surface area contributed by atoms with E-state index in [1.807, 2.05) is 19.9 Å². The Balaban J connectivity index is 1.82. The number of hydrogen-bond donors (Lipinski definition) is 0. The second kappa shape index (κ2) is 6.48. The van der Waals surface area contributed by atoms with E-state index in [4.69, 9.17) is 0 Å². The number of anilines is 2. The van der Waals surface area contributed by atoms with Crippen LogP contribution >= 0.6 is 0 Å². The standard InChI is InChI=1S/C20H19F3N2O3S/c1-12-6-13(2)8-16(7-12)25-18-11-29(27,28)10-17(18)24(19(25)26)15-5-3-4-14(9-15)20(21,22)23/h3-9,17-18H,10-11H2,1-2H3/t17-,18+/m1/s1. The molecule has 2 atom stereocenters. The summed E-state index contributed by atoms with van der Waals surface area (Å²) in [5, 5.41) is 0. The van der Waals surface area contributed by atoms with Crippen molar-refractivity contribution in [3.8, 4) is 0 Å². The fraction of sp³-hybridized carbons (Fsp3) is 0.350. The van der Waals surface area contributed by atoms with Crippen molar-refractivity contribution in [3.05, 3.63) is 59.2 Å². The Morgan fingerprint density at radius 1 is 0.897 bits per heavy atom. The summed E-state index contributed by atoms with van der Waals surface area (Å²) in [5.41, 5.74) is 1.52. The van der Waals surface area contributed by atoms with E-state index < -0.39 is 39.7 Å². The van der Waals surface area contributed by atoms with Crippen molar-refractivity contribution < 1.29 is 26.4 Å². The Labute approximate surface area is 166 Å². The molecule has 9 heteroatoms. The third-order valence-corrected chi connectivity index (χ3v) is 7.00. The van der Waals surface area contributed by atoms with Gasteiger partial charge < -0.3 is 0 Å². The second-order valence-electron chi connectivity index (χ2n) is 7.63. The number of fused-ring (bicyclic) bond motifs is 1. The molecule has 0 radical (unpaired) electrons. The summed E-state index contributed by atoms with van der Waals surface area (Å²) in [6, 6.07) is 8.03. The minimum absolute atomic E-state index is 0.0452.